The van der Waals surface area contributed by atoms with Crippen molar-refractivity contribution in [2.24, 2.45) is 5.73 Å². The summed E-state index contributed by atoms with van der Waals surface area (Å²) in [6.45, 7) is 0. The van der Waals surface area contributed by atoms with Crippen LogP contribution in [0.2, 0.25) is 0 Å². The maximum Gasteiger partial charge on any atom is 0.123 e. The molecule has 5 heteroatoms. The fraction of sp³-hybridized carbons (Fsp3) is 0.0769. The van der Waals surface area contributed by atoms with Gasteiger partial charge in [-0.1, -0.05) is 12.1 Å². The van der Waals surface area contributed by atoms with Crippen molar-refractivity contribution in [2.45, 2.75) is 10.8 Å². The Morgan fingerprint density at radius 3 is 2.83 bits per heavy atom. The fourth-order valence-electron chi connectivity index (χ4n) is 1.51. The van der Waals surface area contributed by atoms with E-state index in [-0.39, 0.29) is 11.7 Å². The van der Waals surface area contributed by atoms with Gasteiger partial charge >= 0.3 is 0 Å². The Labute approximate surface area is 109 Å². The summed E-state index contributed by atoms with van der Waals surface area (Å²) in [5.74, 6) is 0.101. The van der Waals surface area contributed by atoms with Crippen LogP contribution in [-0.2, 0) is 5.75 Å². The highest BCUT2D eigenvalue weighted by atomic mass is 32.2. The molecule has 1 heterocycles. The molecule has 2 rings (SSSR count). The minimum absolute atomic E-state index is 0.119. The van der Waals surface area contributed by atoms with E-state index in [0.29, 0.717) is 11.3 Å². The van der Waals surface area contributed by atoms with Gasteiger partial charge in [0.1, 0.15) is 11.7 Å². The predicted octanol–water partition coefficient (Wildman–Crippen LogP) is 2.80. The molecule has 3 nitrogen and oxygen atoms in total. The number of halogens is 1. The van der Waals surface area contributed by atoms with Crippen molar-refractivity contribution in [3.8, 4) is 0 Å². The van der Waals surface area contributed by atoms with Gasteiger partial charge in [-0.05, 0) is 29.8 Å². The van der Waals surface area contributed by atoms with Gasteiger partial charge in [-0.25, -0.2) is 9.37 Å². The second-order valence-corrected chi connectivity index (χ2v) is 4.67. The van der Waals surface area contributed by atoms with Gasteiger partial charge in [0.2, 0.25) is 0 Å². The molecule has 1 aromatic heterocycles. The van der Waals surface area contributed by atoms with E-state index in [2.05, 4.69) is 4.98 Å². The lowest BCUT2D eigenvalue weighted by molar-refractivity contribution is 0.627. The van der Waals surface area contributed by atoms with Crippen LogP contribution in [0, 0.1) is 11.2 Å². The van der Waals surface area contributed by atoms with Crippen molar-refractivity contribution in [3.63, 3.8) is 0 Å². The Balaban J connectivity index is 2.17. The molecule has 0 fully saturated rings. The van der Waals surface area contributed by atoms with Gasteiger partial charge < -0.3 is 5.73 Å². The molecular weight excluding hydrogens is 249 g/mol. The number of hydrogen-bond donors (Lipinski definition) is 2. The Hall–Kier alpha value is -1.88. The number of amidine groups is 1. The Bertz CT molecular complexity index is 557. The maximum absolute atomic E-state index is 13.1. The minimum Gasteiger partial charge on any atom is -0.384 e. The van der Waals surface area contributed by atoms with E-state index in [1.54, 1.807) is 12.3 Å². The van der Waals surface area contributed by atoms with E-state index in [1.807, 2.05) is 18.2 Å². The van der Waals surface area contributed by atoms with Gasteiger partial charge in [-0.3, -0.25) is 5.41 Å². The molecule has 0 bridgehead atoms. The van der Waals surface area contributed by atoms with E-state index in [1.165, 1.54) is 23.9 Å². The summed E-state index contributed by atoms with van der Waals surface area (Å²) in [7, 11) is 0. The normalized spacial score (nSPS) is 10.3. The second-order valence-electron chi connectivity index (χ2n) is 3.67. The third-order valence-electron chi connectivity index (χ3n) is 2.38. The monoisotopic (exact) mass is 261 g/mol. The second kappa shape index (κ2) is 5.64. The zero-order chi connectivity index (χ0) is 13.0. The van der Waals surface area contributed by atoms with Crippen LogP contribution in [-0.4, -0.2) is 10.8 Å². The highest BCUT2D eigenvalue weighted by Gasteiger charge is 2.07. The summed E-state index contributed by atoms with van der Waals surface area (Å²) in [5.41, 5.74) is 6.72. The fourth-order valence-corrected chi connectivity index (χ4v) is 2.37. The summed E-state index contributed by atoms with van der Waals surface area (Å²) < 4.78 is 13.1. The van der Waals surface area contributed by atoms with Crippen molar-refractivity contribution in [3.05, 3.63) is 59.5 Å². The quantitative estimate of drug-likeness (QED) is 0.505. The molecular formula is C13H12FN3S. The molecule has 2 aromatic rings. The summed E-state index contributed by atoms with van der Waals surface area (Å²) in [5, 5.41) is 8.33. The number of nitrogen functional groups attached to an aromatic ring is 1. The van der Waals surface area contributed by atoms with Crippen molar-refractivity contribution in [2.75, 3.05) is 0 Å². The predicted molar refractivity (Wildman–Crippen MR) is 71.2 cm³/mol. The average Bonchev–Trinajstić information content (AvgIpc) is 2.38. The van der Waals surface area contributed by atoms with Crippen LogP contribution in [0.5, 0.6) is 0 Å². The molecule has 18 heavy (non-hydrogen) atoms. The molecule has 3 N–H and O–H groups in total. The van der Waals surface area contributed by atoms with E-state index in [9.17, 15) is 4.39 Å². The van der Waals surface area contributed by atoms with Crippen LogP contribution in [0.25, 0.3) is 0 Å². The largest absolute Gasteiger partial charge is 0.384 e. The van der Waals surface area contributed by atoms with Crippen molar-refractivity contribution in [1.82, 2.24) is 4.98 Å². The number of nitrogens with zero attached hydrogens (tertiary/aromatic N) is 1. The molecule has 0 atom stereocenters. The van der Waals surface area contributed by atoms with Crippen molar-refractivity contribution in [1.29, 1.82) is 5.41 Å². The molecule has 0 unspecified atom stereocenters. The lowest BCUT2D eigenvalue weighted by atomic mass is 10.1. The lowest BCUT2D eigenvalue weighted by Crippen LogP contribution is -2.13. The molecule has 0 radical (unpaired) electrons. The first-order chi connectivity index (χ1) is 8.66. The van der Waals surface area contributed by atoms with Crippen molar-refractivity contribution < 1.29 is 4.39 Å². The van der Waals surface area contributed by atoms with Crippen LogP contribution < -0.4 is 5.73 Å². The first kappa shape index (κ1) is 12.6. The molecule has 0 saturated carbocycles. The highest BCUT2D eigenvalue weighted by Crippen LogP contribution is 2.22. The molecule has 92 valence electrons. The van der Waals surface area contributed by atoms with Gasteiger partial charge in [-0.15, -0.1) is 11.8 Å². The van der Waals surface area contributed by atoms with E-state index >= 15 is 0 Å². The summed E-state index contributed by atoms with van der Waals surface area (Å²) in [6.07, 6.45) is 1.72. The number of aromatic nitrogens is 1. The number of benzene rings is 1. The van der Waals surface area contributed by atoms with Crippen LogP contribution in [0.15, 0.2) is 47.6 Å². The topological polar surface area (TPSA) is 62.8 Å². The maximum atomic E-state index is 13.1. The van der Waals surface area contributed by atoms with Gasteiger partial charge in [0.25, 0.3) is 0 Å². The summed E-state index contributed by atoms with van der Waals surface area (Å²) >= 11 is 1.53. The van der Waals surface area contributed by atoms with Crippen LogP contribution in [0.3, 0.4) is 0 Å². The molecule has 0 aliphatic rings. The highest BCUT2D eigenvalue weighted by molar-refractivity contribution is 7.98. The van der Waals surface area contributed by atoms with Gasteiger partial charge in [0, 0.05) is 17.5 Å². The van der Waals surface area contributed by atoms with Gasteiger partial charge in [-0.2, -0.15) is 0 Å². The van der Waals surface area contributed by atoms with E-state index in [4.69, 9.17) is 11.1 Å². The number of hydrogen-bond acceptors (Lipinski definition) is 3. The first-order valence-electron chi connectivity index (χ1n) is 5.33. The average molecular weight is 261 g/mol. The van der Waals surface area contributed by atoms with Gasteiger partial charge in [0.05, 0.1) is 5.03 Å². The number of nitrogens with one attached hydrogen (secondary N) is 1. The first-order valence-corrected chi connectivity index (χ1v) is 6.32. The van der Waals surface area contributed by atoms with Crippen LogP contribution in [0.4, 0.5) is 4.39 Å². The smallest absolute Gasteiger partial charge is 0.123 e. The zero-order valence-corrected chi connectivity index (χ0v) is 10.4. The Morgan fingerprint density at radius 1 is 1.33 bits per heavy atom. The number of nitrogens with two attached hydrogens (primary N) is 1. The SMILES string of the molecule is N=C(N)c1cc(F)ccc1CSc1ccccn1. The van der Waals surface area contributed by atoms with Crippen LogP contribution in [0.1, 0.15) is 11.1 Å². The van der Waals surface area contributed by atoms with Crippen molar-refractivity contribution >= 4 is 17.6 Å². The van der Waals surface area contributed by atoms with E-state index in [0.717, 1.165) is 10.6 Å². The van der Waals surface area contributed by atoms with Crippen LogP contribution >= 0.6 is 11.8 Å². The Kier molecular flexibility index (Phi) is 3.94. The Morgan fingerprint density at radius 2 is 2.17 bits per heavy atom. The zero-order valence-electron chi connectivity index (χ0n) is 9.56. The molecule has 0 aliphatic carbocycles. The molecule has 1 aromatic carbocycles. The third kappa shape index (κ3) is 3.07. The lowest BCUT2D eigenvalue weighted by Gasteiger charge is -2.07. The summed E-state index contributed by atoms with van der Waals surface area (Å²) in [6, 6.07) is 9.98. The molecule has 0 saturated heterocycles. The molecule has 0 spiro atoms. The van der Waals surface area contributed by atoms with Gasteiger partial charge in [0.15, 0.2) is 0 Å². The van der Waals surface area contributed by atoms with E-state index < -0.39 is 0 Å². The number of rotatable bonds is 4. The third-order valence-corrected chi connectivity index (χ3v) is 3.37. The number of pyridine rings is 1. The minimum atomic E-state index is -0.383. The molecule has 0 amide bonds. The molecule has 0 aliphatic heterocycles. The summed E-state index contributed by atoms with van der Waals surface area (Å²) in [4.78, 5) is 4.19. The standard InChI is InChI=1S/C13H12FN3S/c14-10-5-4-9(11(7-10)13(15)16)8-18-12-3-1-2-6-17-12/h1-7H,8H2,(H3,15,16). The number of thioether (sulfide) groups is 1.